The van der Waals surface area contributed by atoms with Crippen molar-refractivity contribution in [2.24, 2.45) is 7.05 Å². The number of aromatic nitrogens is 2. The molecule has 3 aromatic rings. The zero-order valence-electron chi connectivity index (χ0n) is 10.3. The third-order valence-electron chi connectivity index (χ3n) is 3.14. The van der Waals surface area contributed by atoms with Crippen molar-refractivity contribution < 1.29 is 4.39 Å². The van der Waals surface area contributed by atoms with Crippen molar-refractivity contribution in [1.82, 2.24) is 9.78 Å². The Labute approximate surface area is 105 Å². The monoisotopic (exact) mass is 240 g/mol. The van der Waals surface area contributed by atoms with Gasteiger partial charge in [0.25, 0.3) is 0 Å². The Bertz CT molecular complexity index is 711. The normalized spacial score (nSPS) is 11.1. The zero-order chi connectivity index (χ0) is 12.7. The third kappa shape index (κ3) is 1.68. The van der Waals surface area contributed by atoms with Gasteiger partial charge in [0.2, 0.25) is 0 Å². The molecule has 0 N–H and O–H groups in total. The number of halogens is 1. The van der Waals surface area contributed by atoms with Gasteiger partial charge < -0.3 is 0 Å². The first-order chi connectivity index (χ1) is 8.65. The molecule has 0 unspecified atom stereocenters. The van der Waals surface area contributed by atoms with Crippen molar-refractivity contribution in [2.75, 3.05) is 0 Å². The van der Waals surface area contributed by atoms with Gasteiger partial charge in [0.1, 0.15) is 11.5 Å². The summed E-state index contributed by atoms with van der Waals surface area (Å²) in [6, 6.07) is 13.0. The van der Waals surface area contributed by atoms with Crippen LogP contribution in [0.4, 0.5) is 4.39 Å². The fourth-order valence-corrected chi connectivity index (χ4v) is 2.16. The van der Waals surface area contributed by atoms with Crippen LogP contribution in [0.15, 0.2) is 42.5 Å². The van der Waals surface area contributed by atoms with Gasteiger partial charge in [0.05, 0.1) is 5.52 Å². The second kappa shape index (κ2) is 3.95. The van der Waals surface area contributed by atoms with E-state index in [0.717, 1.165) is 22.2 Å². The molecule has 0 saturated heterocycles. The van der Waals surface area contributed by atoms with E-state index in [9.17, 15) is 4.39 Å². The van der Waals surface area contributed by atoms with E-state index >= 15 is 0 Å². The molecule has 2 nitrogen and oxygen atoms in total. The molecular weight excluding hydrogens is 227 g/mol. The van der Waals surface area contributed by atoms with Crippen LogP contribution in [0.2, 0.25) is 0 Å². The summed E-state index contributed by atoms with van der Waals surface area (Å²) in [6.07, 6.45) is 0. The second-order valence-electron chi connectivity index (χ2n) is 4.50. The van der Waals surface area contributed by atoms with Crippen LogP contribution in [0.1, 0.15) is 5.56 Å². The predicted octanol–water partition coefficient (Wildman–Crippen LogP) is 3.69. The molecule has 0 fully saturated rings. The lowest BCUT2D eigenvalue weighted by atomic mass is 10.1. The van der Waals surface area contributed by atoms with E-state index in [1.165, 1.54) is 17.7 Å². The van der Waals surface area contributed by atoms with Gasteiger partial charge in [-0.05, 0) is 25.1 Å². The Morgan fingerprint density at radius 2 is 1.78 bits per heavy atom. The molecule has 0 bridgehead atoms. The van der Waals surface area contributed by atoms with Crippen LogP contribution in [0, 0.1) is 12.7 Å². The molecule has 0 radical (unpaired) electrons. The van der Waals surface area contributed by atoms with Crippen molar-refractivity contribution in [3.05, 3.63) is 53.8 Å². The summed E-state index contributed by atoms with van der Waals surface area (Å²) >= 11 is 0. The SMILES string of the molecule is Cc1ccc(-c2nn(C)c3cc(F)ccc23)cc1. The minimum absolute atomic E-state index is 0.235. The molecule has 0 aliphatic rings. The van der Waals surface area contributed by atoms with Crippen molar-refractivity contribution in [3.63, 3.8) is 0 Å². The van der Waals surface area contributed by atoms with Gasteiger partial charge >= 0.3 is 0 Å². The van der Waals surface area contributed by atoms with Crippen molar-refractivity contribution in [1.29, 1.82) is 0 Å². The number of aryl methyl sites for hydroxylation is 2. The van der Waals surface area contributed by atoms with Gasteiger partial charge in [-0.25, -0.2) is 4.39 Å². The molecule has 3 rings (SSSR count). The van der Waals surface area contributed by atoms with Gasteiger partial charge in [-0.3, -0.25) is 4.68 Å². The molecule has 0 atom stereocenters. The lowest BCUT2D eigenvalue weighted by Gasteiger charge is -1.98. The highest BCUT2D eigenvalue weighted by Crippen LogP contribution is 2.28. The summed E-state index contributed by atoms with van der Waals surface area (Å²) in [5, 5.41) is 5.46. The fourth-order valence-electron chi connectivity index (χ4n) is 2.16. The summed E-state index contributed by atoms with van der Waals surface area (Å²) in [6.45, 7) is 2.05. The van der Waals surface area contributed by atoms with Crippen LogP contribution in [0.3, 0.4) is 0 Å². The number of nitrogens with zero attached hydrogens (tertiary/aromatic N) is 2. The molecule has 1 heterocycles. The Morgan fingerprint density at radius 1 is 1.06 bits per heavy atom. The van der Waals surface area contributed by atoms with E-state index in [2.05, 4.69) is 24.2 Å². The van der Waals surface area contributed by atoms with E-state index in [0.29, 0.717) is 0 Å². The minimum atomic E-state index is -0.235. The highest BCUT2D eigenvalue weighted by atomic mass is 19.1. The lowest BCUT2D eigenvalue weighted by Crippen LogP contribution is -1.90. The summed E-state index contributed by atoms with van der Waals surface area (Å²) in [4.78, 5) is 0. The number of benzene rings is 2. The Morgan fingerprint density at radius 3 is 2.50 bits per heavy atom. The first kappa shape index (κ1) is 11.0. The van der Waals surface area contributed by atoms with Crippen molar-refractivity contribution in [2.45, 2.75) is 6.92 Å². The van der Waals surface area contributed by atoms with E-state index < -0.39 is 0 Å². The molecule has 18 heavy (non-hydrogen) atoms. The largest absolute Gasteiger partial charge is 0.267 e. The highest BCUT2D eigenvalue weighted by Gasteiger charge is 2.10. The van der Waals surface area contributed by atoms with Crippen LogP contribution in [-0.2, 0) is 7.05 Å². The molecule has 3 heteroatoms. The van der Waals surface area contributed by atoms with Crippen LogP contribution in [-0.4, -0.2) is 9.78 Å². The second-order valence-corrected chi connectivity index (χ2v) is 4.50. The number of hydrogen-bond acceptors (Lipinski definition) is 1. The first-order valence-electron chi connectivity index (χ1n) is 5.84. The molecule has 0 saturated carbocycles. The first-order valence-corrected chi connectivity index (χ1v) is 5.84. The smallest absolute Gasteiger partial charge is 0.125 e. The molecule has 90 valence electrons. The summed E-state index contributed by atoms with van der Waals surface area (Å²) in [5.41, 5.74) is 3.97. The van der Waals surface area contributed by atoms with E-state index in [4.69, 9.17) is 0 Å². The lowest BCUT2D eigenvalue weighted by molar-refractivity contribution is 0.628. The van der Waals surface area contributed by atoms with Crippen molar-refractivity contribution in [3.8, 4) is 11.3 Å². The number of fused-ring (bicyclic) bond motifs is 1. The summed E-state index contributed by atoms with van der Waals surface area (Å²) in [7, 11) is 1.83. The van der Waals surface area contributed by atoms with E-state index in [-0.39, 0.29) is 5.82 Å². The third-order valence-corrected chi connectivity index (χ3v) is 3.14. The molecule has 2 aromatic carbocycles. The fraction of sp³-hybridized carbons (Fsp3) is 0.133. The van der Waals surface area contributed by atoms with E-state index in [1.54, 1.807) is 10.7 Å². The topological polar surface area (TPSA) is 17.8 Å². The highest BCUT2D eigenvalue weighted by molar-refractivity contribution is 5.93. The molecule has 0 spiro atoms. The quantitative estimate of drug-likeness (QED) is 0.634. The average Bonchev–Trinajstić information content (AvgIpc) is 2.68. The number of rotatable bonds is 1. The van der Waals surface area contributed by atoms with Gasteiger partial charge in [0, 0.05) is 18.0 Å². The maximum atomic E-state index is 13.2. The molecule has 0 aliphatic heterocycles. The van der Waals surface area contributed by atoms with Crippen LogP contribution < -0.4 is 0 Å². The minimum Gasteiger partial charge on any atom is -0.267 e. The molecule has 1 aromatic heterocycles. The Balaban J connectivity index is 2.26. The van der Waals surface area contributed by atoms with Gasteiger partial charge in [-0.2, -0.15) is 5.10 Å². The predicted molar refractivity (Wildman–Crippen MR) is 70.8 cm³/mol. The molecular formula is C15H13FN2. The standard InChI is InChI=1S/C15H13FN2/c1-10-3-5-11(6-4-10)15-13-8-7-12(16)9-14(13)18(2)17-15/h3-9H,1-2H3. The maximum Gasteiger partial charge on any atom is 0.125 e. The number of hydrogen-bond donors (Lipinski definition) is 0. The molecule has 0 amide bonds. The summed E-state index contributed by atoms with van der Waals surface area (Å²) < 4.78 is 15.0. The zero-order valence-corrected chi connectivity index (χ0v) is 10.3. The maximum absolute atomic E-state index is 13.2. The van der Waals surface area contributed by atoms with Crippen LogP contribution >= 0.6 is 0 Å². The van der Waals surface area contributed by atoms with Gasteiger partial charge in [-0.15, -0.1) is 0 Å². The van der Waals surface area contributed by atoms with Gasteiger partial charge in [-0.1, -0.05) is 29.8 Å². The Hall–Kier alpha value is -2.16. The summed E-state index contributed by atoms with van der Waals surface area (Å²) in [5.74, 6) is -0.235. The van der Waals surface area contributed by atoms with Crippen LogP contribution in [0.5, 0.6) is 0 Å². The van der Waals surface area contributed by atoms with Gasteiger partial charge in [0.15, 0.2) is 0 Å². The van der Waals surface area contributed by atoms with Crippen molar-refractivity contribution >= 4 is 10.9 Å². The van der Waals surface area contributed by atoms with Crippen LogP contribution in [0.25, 0.3) is 22.2 Å². The van der Waals surface area contributed by atoms with E-state index in [1.807, 2.05) is 19.2 Å². The average molecular weight is 240 g/mol. The molecule has 0 aliphatic carbocycles. The Kier molecular flexibility index (Phi) is 2.40.